The van der Waals surface area contributed by atoms with E-state index in [0.29, 0.717) is 18.0 Å². The molecule has 0 aliphatic rings. The number of hydrogen-bond acceptors (Lipinski definition) is 3. The first-order chi connectivity index (χ1) is 15.5. The highest BCUT2D eigenvalue weighted by Crippen LogP contribution is 2.25. The molecule has 32 heavy (non-hydrogen) atoms. The van der Waals surface area contributed by atoms with Gasteiger partial charge in [-0.3, -0.25) is 4.79 Å². The molecule has 176 valence electrons. The van der Waals surface area contributed by atoms with Crippen molar-refractivity contribution in [2.45, 2.75) is 72.4 Å². The lowest BCUT2D eigenvalue weighted by Crippen LogP contribution is -2.38. The highest BCUT2D eigenvalue weighted by molar-refractivity contribution is 6.30. The first-order valence-electron chi connectivity index (χ1n) is 12.0. The first kappa shape index (κ1) is 26.2. The van der Waals surface area contributed by atoms with Gasteiger partial charge in [0.25, 0.3) is 0 Å². The summed E-state index contributed by atoms with van der Waals surface area (Å²) in [7, 11) is 0. The van der Waals surface area contributed by atoms with Crippen LogP contribution in [0.15, 0.2) is 48.5 Å². The van der Waals surface area contributed by atoms with Gasteiger partial charge >= 0.3 is 0 Å². The lowest BCUT2D eigenvalue weighted by atomic mass is 10.1. The van der Waals surface area contributed by atoms with Crippen LogP contribution < -0.4 is 4.74 Å². The van der Waals surface area contributed by atoms with E-state index in [9.17, 15) is 4.79 Å². The monoisotopic (exact) mass is 458 g/mol. The zero-order valence-electron chi connectivity index (χ0n) is 20.1. The number of carbonyl (C=O) groups is 1. The summed E-state index contributed by atoms with van der Waals surface area (Å²) in [5.41, 5.74) is 1.08. The Labute approximate surface area is 199 Å². The molecule has 0 spiro atoms. The summed E-state index contributed by atoms with van der Waals surface area (Å²) in [6.45, 7) is 12.5. The van der Waals surface area contributed by atoms with Crippen LogP contribution in [0.1, 0.15) is 65.4 Å². The molecule has 1 unspecified atom stereocenters. The van der Waals surface area contributed by atoms with E-state index in [1.165, 1.54) is 0 Å². The van der Waals surface area contributed by atoms with Crippen molar-refractivity contribution in [3.8, 4) is 11.5 Å². The van der Waals surface area contributed by atoms with Crippen molar-refractivity contribution < 1.29 is 9.53 Å². The van der Waals surface area contributed by atoms with Crippen molar-refractivity contribution in [2.24, 2.45) is 0 Å². The van der Waals surface area contributed by atoms with Gasteiger partial charge in [-0.05, 0) is 87.8 Å². The normalized spacial score (nSPS) is 12.1. The van der Waals surface area contributed by atoms with Gasteiger partial charge in [0.15, 0.2) is 0 Å². The van der Waals surface area contributed by atoms with Gasteiger partial charge < -0.3 is 14.5 Å². The van der Waals surface area contributed by atoms with E-state index in [1.807, 2.05) is 42.5 Å². The molecule has 2 aromatic rings. The maximum absolute atomic E-state index is 13.0. The smallest absolute Gasteiger partial charge is 0.223 e. The molecule has 0 heterocycles. The fraction of sp³-hybridized carbons (Fsp3) is 0.519. The fourth-order valence-corrected chi connectivity index (χ4v) is 3.94. The van der Waals surface area contributed by atoms with Crippen LogP contribution in [-0.4, -0.2) is 41.4 Å². The summed E-state index contributed by atoms with van der Waals surface area (Å²) in [6, 6.07) is 15.6. The zero-order chi connectivity index (χ0) is 23.3. The molecule has 0 aliphatic heterocycles. The molecule has 5 heteroatoms. The van der Waals surface area contributed by atoms with Crippen LogP contribution in [0.4, 0.5) is 0 Å². The van der Waals surface area contributed by atoms with Crippen molar-refractivity contribution in [1.82, 2.24) is 9.80 Å². The molecule has 0 radical (unpaired) electrons. The second-order valence-electron chi connectivity index (χ2n) is 8.35. The van der Waals surface area contributed by atoms with E-state index in [0.717, 1.165) is 62.4 Å². The summed E-state index contributed by atoms with van der Waals surface area (Å²) in [6.07, 6.45) is 4.68. The predicted molar refractivity (Wildman–Crippen MR) is 135 cm³/mol. The lowest BCUT2D eigenvalue weighted by Gasteiger charge is -2.30. The van der Waals surface area contributed by atoms with Crippen LogP contribution in [-0.2, 0) is 11.3 Å². The van der Waals surface area contributed by atoms with Crippen LogP contribution in [0, 0.1) is 0 Å². The Morgan fingerprint density at radius 3 is 2.38 bits per heavy atom. The first-order valence-corrected chi connectivity index (χ1v) is 12.4. The Balaban J connectivity index is 2.07. The number of amides is 1. The fourth-order valence-electron chi connectivity index (χ4n) is 3.81. The number of carbonyl (C=O) groups excluding carboxylic acids is 1. The number of rotatable bonds is 14. The van der Waals surface area contributed by atoms with Crippen molar-refractivity contribution >= 4 is 17.5 Å². The number of unbranched alkanes of at least 4 members (excludes halogenated alkanes) is 1. The minimum atomic E-state index is 0.204. The number of nitrogens with zero attached hydrogens (tertiary/aromatic N) is 2. The van der Waals surface area contributed by atoms with Crippen LogP contribution >= 0.6 is 11.6 Å². The van der Waals surface area contributed by atoms with Gasteiger partial charge in [0.05, 0.1) is 0 Å². The number of halogens is 1. The molecule has 2 rings (SSSR count). The molecule has 0 aromatic heterocycles. The molecule has 1 amide bonds. The SMILES string of the molecule is CCCCC(=O)N(Cc1cccc(Oc2ccc(Cl)cc2)c1)C(C)CCCN(CC)CC. The molecular formula is C27H39ClN2O2. The number of ether oxygens (including phenoxy) is 1. The van der Waals surface area contributed by atoms with Crippen LogP contribution in [0.5, 0.6) is 11.5 Å². The second-order valence-corrected chi connectivity index (χ2v) is 8.78. The molecule has 0 aliphatic carbocycles. The van der Waals surface area contributed by atoms with E-state index in [2.05, 4.69) is 43.6 Å². The maximum Gasteiger partial charge on any atom is 0.223 e. The quantitative estimate of drug-likeness (QED) is 0.301. The molecule has 2 aromatic carbocycles. The molecule has 0 bridgehead atoms. The highest BCUT2D eigenvalue weighted by Gasteiger charge is 2.20. The lowest BCUT2D eigenvalue weighted by molar-refractivity contribution is -0.134. The van der Waals surface area contributed by atoms with Gasteiger partial charge in [0, 0.05) is 24.0 Å². The molecule has 4 nitrogen and oxygen atoms in total. The molecule has 0 fully saturated rings. The van der Waals surface area contributed by atoms with Crippen LogP contribution in [0.3, 0.4) is 0 Å². The van der Waals surface area contributed by atoms with Gasteiger partial charge in [-0.15, -0.1) is 0 Å². The minimum Gasteiger partial charge on any atom is -0.457 e. The standard InChI is InChI=1S/C27H39ClN2O2/c1-5-8-14-27(31)30(22(4)11-10-19-29(6-2)7-3)21-23-12-9-13-26(20-23)32-25-17-15-24(28)16-18-25/h9,12-13,15-18,20,22H,5-8,10-11,14,19,21H2,1-4H3. The maximum atomic E-state index is 13.0. The van der Waals surface area contributed by atoms with E-state index in [-0.39, 0.29) is 11.9 Å². The molecule has 0 saturated carbocycles. The number of benzene rings is 2. The van der Waals surface area contributed by atoms with E-state index >= 15 is 0 Å². The summed E-state index contributed by atoms with van der Waals surface area (Å²) in [5, 5.41) is 0.683. The van der Waals surface area contributed by atoms with E-state index in [1.54, 1.807) is 0 Å². The Bertz CT molecular complexity index is 806. The average molecular weight is 459 g/mol. The van der Waals surface area contributed by atoms with Crippen molar-refractivity contribution in [2.75, 3.05) is 19.6 Å². The van der Waals surface area contributed by atoms with Gasteiger partial charge in [-0.1, -0.05) is 50.9 Å². The Morgan fingerprint density at radius 2 is 1.72 bits per heavy atom. The molecule has 0 saturated heterocycles. The van der Waals surface area contributed by atoms with Gasteiger partial charge in [-0.25, -0.2) is 0 Å². The van der Waals surface area contributed by atoms with Crippen molar-refractivity contribution in [3.63, 3.8) is 0 Å². The largest absolute Gasteiger partial charge is 0.457 e. The average Bonchev–Trinajstić information content (AvgIpc) is 2.80. The summed E-state index contributed by atoms with van der Waals surface area (Å²) in [5.74, 6) is 1.75. The van der Waals surface area contributed by atoms with Crippen LogP contribution in [0.25, 0.3) is 0 Å². The van der Waals surface area contributed by atoms with Crippen LogP contribution in [0.2, 0.25) is 5.02 Å². The van der Waals surface area contributed by atoms with Gasteiger partial charge in [0.1, 0.15) is 11.5 Å². The number of hydrogen-bond donors (Lipinski definition) is 0. The van der Waals surface area contributed by atoms with Gasteiger partial charge in [-0.2, -0.15) is 0 Å². The zero-order valence-corrected chi connectivity index (χ0v) is 20.9. The van der Waals surface area contributed by atoms with E-state index in [4.69, 9.17) is 16.3 Å². The third-order valence-corrected chi connectivity index (χ3v) is 6.14. The minimum absolute atomic E-state index is 0.204. The van der Waals surface area contributed by atoms with E-state index < -0.39 is 0 Å². The second kappa shape index (κ2) is 14.2. The van der Waals surface area contributed by atoms with Crippen molar-refractivity contribution in [3.05, 3.63) is 59.1 Å². The molecule has 1 atom stereocenters. The summed E-state index contributed by atoms with van der Waals surface area (Å²) >= 11 is 5.97. The Hall–Kier alpha value is -2.04. The third kappa shape index (κ3) is 8.84. The summed E-state index contributed by atoms with van der Waals surface area (Å²) in [4.78, 5) is 17.5. The summed E-state index contributed by atoms with van der Waals surface area (Å²) < 4.78 is 5.99. The Kier molecular flexibility index (Phi) is 11.6. The molecular weight excluding hydrogens is 420 g/mol. The topological polar surface area (TPSA) is 32.8 Å². The highest BCUT2D eigenvalue weighted by atomic mass is 35.5. The third-order valence-electron chi connectivity index (χ3n) is 5.89. The van der Waals surface area contributed by atoms with Gasteiger partial charge in [0.2, 0.25) is 5.91 Å². The van der Waals surface area contributed by atoms with Crippen molar-refractivity contribution in [1.29, 1.82) is 0 Å². The Morgan fingerprint density at radius 1 is 1.00 bits per heavy atom. The predicted octanol–water partition coefficient (Wildman–Crippen LogP) is 7.16. The molecule has 0 N–H and O–H groups in total.